The van der Waals surface area contributed by atoms with Crippen LogP contribution in [0.25, 0.3) is 0 Å². The summed E-state index contributed by atoms with van der Waals surface area (Å²) in [5.41, 5.74) is 0.488. The van der Waals surface area contributed by atoms with Crippen LogP contribution in [-0.2, 0) is 20.0 Å². The summed E-state index contributed by atoms with van der Waals surface area (Å²) in [6.07, 6.45) is 1.01. The zero-order valence-electron chi connectivity index (χ0n) is 11.4. The van der Waals surface area contributed by atoms with E-state index in [0.29, 0.717) is 5.02 Å². The molecule has 118 valence electrons. The van der Waals surface area contributed by atoms with E-state index in [-0.39, 0.29) is 16.3 Å². The number of hydrogen-bond acceptors (Lipinski definition) is 4. The molecule has 6 nitrogen and oxygen atoms in total. The van der Waals surface area contributed by atoms with Gasteiger partial charge in [-0.05, 0) is 36.4 Å². The molecule has 0 bridgehead atoms. The number of anilines is 2. The number of hydrogen-bond donors (Lipinski definition) is 2. The average Bonchev–Trinajstić information content (AvgIpc) is 2.36. The molecule has 0 atom stereocenters. The smallest absolute Gasteiger partial charge is 0.261 e. The van der Waals surface area contributed by atoms with Gasteiger partial charge in [-0.1, -0.05) is 23.7 Å². The Morgan fingerprint density at radius 2 is 1.45 bits per heavy atom. The first-order valence-corrected chi connectivity index (χ1v) is 9.77. The van der Waals surface area contributed by atoms with E-state index < -0.39 is 20.0 Å². The largest absolute Gasteiger partial charge is 0.284 e. The normalized spacial score (nSPS) is 11.9. The van der Waals surface area contributed by atoms with E-state index in [1.54, 1.807) is 6.07 Å². The topological polar surface area (TPSA) is 92.3 Å². The Hall–Kier alpha value is -1.77. The lowest BCUT2D eigenvalue weighted by atomic mass is 10.3. The second-order valence-corrected chi connectivity index (χ2v) is 8.39. The summed E-state index contributed by atoms with van der Waals surface area (Å²) in [6.45, 7) is 0. The summed E-state index contributed by atoms with van der Waals surface area (Å²) in [5.74, 6) is 0. The first kappa shape index (κ1) is 16.6. The first-order chi connectivity index (χ1) is 10.2. The molecule has 0 aliphatic carbocycles. The number of nitrogens with one attached hydrogen (secondary N) is 2. The van der Waals surface area contributed by atoms with Gasteiger partial charge in [0.05, 0.1) is 22.5 Å². The summed E-state index contributed by atoms with van der Waals surface area (Å²) in [6, 6.07) is 11.8. The number of rotatable bonds is 5. The molecule has 0 saturated heterocycles. The molecule has 0 amide bonds. The second kappa shape index (κ2) is 6.15. The molecule has 0 fully saturated rings. The molecule has 9 heteroatoms. The highest BCUT2D eigenvalue weighted by Gasteiger charge is 2.14. The van der Waals surface area contributed by atoms with Crippen LogP contribution in [0.15, 0.2) is 53.4 Å². The second-order valence-electron chi connectivity index (χ2n) is 4.52. The minimum Gasteiger partial charge on any atom is -0.284 e. The van der Waals surface area contributed by atoms with Crippen molar-refractivity contribution in [1.82, 2.24) is 0 Å². The van der Waals surface area contributed by atoms with Crippen LogP contribution in [0.3, 0.4) is 0 Å². The summed E-state index contributed by atoms with van der Waals surface area (Å²) < 4.78 is 51.5. The average molecular weight is 361 g/mol. The van der Waals surface area contributed by atoms with E-state index in [9.17, 15) is 16.8 Å². The zero-order chi connectivity index (χ0) is 16.4. The maximum atomic E-state index is 12.2. The van der Waals surface area contributed by atoms with E-state index in [1.165, 1.54) is 42.5 Å². The van der Waals surface area contributed by atoms with Crippen molar-refractivity contribution in [3.63, 3.8) is 0 Å². The molecule has 0 spiro atoms. The molecule has 0 aromatic heterocycles. The quantitative estimate of drug-likeness (QED) is 0.856. The Balaban J connectivity index is 2.29. The highest BCUT2D eigenvalue weighted by atomic mass is 35.5. The van der Waals surface area contributed by atoms with E-state index in [2.05, 4.69) is 9.44 Å². The Morgan fingerprint density at radius 1 is 0.864 bits per heavy atom. The third-order valence-electron chi connectivity index (χ3n) is 2.52. The SMILES string of the molecule is CS(=O)(=O)Nc1cccc(NS(=O)(=O)c2cccc(Cl)c2)c1. The predicted octanol–water partition coefficient (Wildman–Crippen LogP) is 2.51. The minimum absolute atomic E-state index is 0.0153. The lowest BCUT2D eigenvalue weighted by Gasteiger charge is -2.10. The fourth-order valence-corrected chi connectivity index (χ4v) is 3.61. The fraction of sp³-hybridized carbons (Fsp3) is 0.0769. The van der Waals surface area contributed by atoms with Gasteiger partial charge in [0.25, 0.3) is 10.0 Å². The van der Waals surface area contributed by atoms with Crippen molar-refractivity contribution in [2.45, 2.75) is 4.90 Å². The van der Waals surface area contributed by atoms with Crippen molar-refractivity contribution in [3.05, 3.63) is 53.6 Å². The third-order valence-corrected chi connectivity index (χ3v) is 4.74. The van der Waals surface area contributed by atoms with Gasteiger partial charge in [-0.15, -0.1) is 0 Å². The Morgan fingerprint density at radius 3 is 2.05 bits per heavy atom. The van der Waals surface area contributed by atoms with E-state index in [0.717, 1.165) is 6.26 Å². The van der Waals surface area contributed by atoms with Crippen molar-refractivity contribution >= 4 is 43.0 Å². The molecule has 0 heterocycles. The molecule has 2 aromatic rings. The highest BCUT2D eigenvalue weighted by molar-refractivity contribution is 7.92. The van der Waals surface area contributed by atoms with Crippen LogP contribution in [0.4, 0.5) is 11.4 Å². The summed E-state index contributed by atoms with van der Waals surface area (Å²) in [4.78, 5) is 0.0153. The van der Waals surface area contributed by atoms with Crippen LogP contribution in [0.2, 0.25) is 5.02 Å². The van der Waals surface area contributed by atoms with Crippen LogP contribution in [0, 0.1) is 0 Å². The van der Waals surface area contributed by atoms with Gasteiger partial charge in [0.2, 0.25) is 10.0 Å². The van der Waals surface area contributed by atoms with Crippen LogP contribution >= 0.6 is 11.6 Å². The van der Waals surface area contributed by atoms with Gasteiger partial charge in [-0.25, -0.2) is 16.8 Å². The zero-order valence-corrected chi connectivity index (χ0v) is 13.8. The lowest BCUT2D eigenvalue weighted by Crippen LogP contribution is -2.14. The van der Waals surface area contributed by atoms with Crippen molar-refractivity contribution < 1.29 is 16.8 Å². The fourth-order valence-electron chi connectivity index (χ4n) is 1.71. The Bertz CT molecular complexity index is 896. The van der Waals surface area contributed by atoms with Gasteiger partial charge >= 0.3 is 0 Å². The number of halogens is 1. The van der Waals surface area contributed by atoms with Gasteiger partial charge in [0, 0.05) is 5.02 Å². The lowest BCUT2D eigenvalue weighted by molar-refractivity contribution is 0.601. The third kappa shape index (κ3) is 4.62. The van der Waals surface area contributed by atoms with Crippen LogP contribution in [0.1, 0.15) is 0 Å². The van der Waals surface area contributed by atoms with Crippen molar-refractivity contribution in [3.8, 4) is 0 Å². The van der Waals surface area contributed by atoms with Gasteiger partial charge < -0.3 is 0 Å². The molecule has 2 aromatic carbocycles. The van der Waals surface area contributed by atoms with E-state index in [4.69, 9.17) is 11.6 Å². The maximum absolute atomic E-state index is 12.2. The van der Waals surface area contributed by atoms with Gasteiger partial charge in [0.15, 0.2) is 0 Å². The van der Waals surface area contributed by atoms with Gasteiger partial charge in [-0.2, -0.15) is 0 Å². The van der Waals surface area contributed by atoms with Crippen LogP contribution in [0.5, 0.6) is 0 Å². The van der Waals surface area contributed by atoms with Crippen molar-refractivity contribution in [2.75, 3.05) is 15.7 Å². The van der Waals surface area contributed by atoms with Gasteiger partial charge in [-0.3, -0.25) is 9.44 Å². The summed E-state index contributed by atoms with van der Waals surface area (Å²) in [5, 5.41) is 0.301. The van der Waals surface area contributed by atoms with Crippen molar-refractivity contribution in [2.24, 2.45) is 0 Å². The Labute approximate surface area is 134 Å². The molecular formula is C13H13ClN2O4S2. The summed E-state index contributed by atoms with van der Waals surface area (Å²) in [7, 11) is -7.25. The first-order valence-electron chi connectivity index (χ1n) is 6.02. The molecule has 2 rings (SSSR count). The number of benzene rings is 2. The Kier molecular flexibility index (Phi) is 4.64. The molecule has 0 saturated carbocycles. The van der Waals surface area contributed by atoms with Gasteiger partial charge in [0.1, 0.15) is 0 Å². The molecular weight excluding hydrogens is 348 g/mol. The molecule has 0 radical (unpaired) electrons. The maximum Gasteiger partial charge on any atom is 0.261 e. The highest BCUT2D eigenvalue weighted by Crippen LogP contribution is 2.21. The molecule has 2 N–H and O–H groups in total. The summed E-state index contributed by atoms with van der Waals surface area (Å²) >= 11 is 5.78. The van der Waals surface area contributed by atoms with E-state index in [1.807, 2.05) is 0 Å². The molecule has 0 aliphatic heterocycles. The molecule has 0 unspecified atom stereocenters. The number of sulfonamides is 2. The molecule has 22 heavy (non-hydrogen) atoms. The van der Waals surface area contributed by atoms with Crippen LogP contribution < -0.4 is 9.44 Å². The van der Waals surface area contributed by atoms with Crippen LogP contribution in [-0.4, -0.2) is 23.1 Å². The monoisotopic (exact) mass is 360 g/mol. The minimum atomic E-state index is -3.81. The standard InChI is InChI=1S/C13H13ClN2O4S2/c1-21(17,18)15-11-5-3-6-12(9-11)16-22(19,20)13-7-2-4-10(14)8-13/h2-9,15-16H,1H3. The predicted molar refractivity (Wildman–Crippen MR) is 87.2 cm³/mol. The molecule has 0 aliphatic rings. The van der Waals surface area contributed by atoms with Crippen molar-refractivity contribution in [1.29, 1.82) is 0 Å². The van der Waals surface area contributed by atoms with E-state index >= 15 is 0 Å².